The van der Waals surface area contributed by atoms with Crippen molar-refractivity contribution < 1.29 is 14.6 Å². The molecule has 0 saturated carbocycles. The average Bonchev–Trinajstić information content (AvgIpc) is 2.38. The molecule has 0 bridgehead atoms. The number of aliphatic carboxylic acids is 1. The zero-order valence-corrected chi connectivity index (χ0v) is 11.6. The van der Waals surface area contributed by atoms with Gasteiger partial charge in [-0.2, -0.15) is 0 Å². The van der Waals surface area contributed by atoms with Crippen LogP contribution < -0.4 is 10.1 Å². The second kappa shape index (κ2) is 8.02. The highest BCUT2D eigenvalue weighted by atomic mass is 35.5. The number of carboxylic acid groups (broad SMARTS) is 1. The summed E-state index contributed by atoms with van der Waals surface area (Å²) < 4.78 is 5.71. The first-order chi connectivity index (χ1) is 8.75. The van der Waals surface area contributed by atoms with Crippen LogP contribution in [0.15, 0.2) is 24.3 Å². The lowest BCUT2D eigenvalue weighted by Gasteiger charge is -2.25. The number of benzene rings is 1. The summed E-state index contributed by atoms with van der Waals surface area (Å²) in [5.41, 5.74) is 1.28. The minimum atomic E-state index is -0.752. The van der Waals surface area contributed by atoms with Crippen LogP contribution in [0.1, 0.15) is 18.4 Å². The summed E-state index contributed by atoms with van der Waals surface area (Å²) in [6, 6.07) is 8.15. The Morgan fingerprint density at radius 3 is 2.95 bits per heavy atom. The molecule has 1 aromatic rings. The molecule has 0 radical (unpaired) electrons. The summed E-state index contributed by atoms with van der Waals surface area (Å²) >= 11 is 0. The summed E-state index contributed by atoms with van der Waals surface area (Å²) in [5, 5.41) is 11.7. The Bertz CT molecular complexity index is 411. The van der Waals surface area contributed by atoms with Gasteiger partial charge in [0.25, 0.3) is 0 Å². The standard InChI is InChI=1S/C14H19NO3.ClH/c16-14(17)6-8-15-7-5-11-9-12-3-1-2-4-13(12)18-10-11;/h1-4,11,15H,5-10H2,(H,16,17);1H/t11-;/m1./s1. The monoisotopic (exact) mass is 285 g/mol. The molecule has 1 aliphatic heterocycles. The maximum absolute atomic E-state index is 10.3. The molecule has 1 aromatic carbocycles. The lowest BCUT2D eigenvalue weighted by atomic mass is 9.94. The van der Waals surface area contributed by atoms with E-state index in [0.717, 1.165) is 31.7 Å². The molecule has 0 aromatic heterocycles. The molecule has 2 rings (SSSR count). The van der Waals surface area contributed by atoms with Crippen LogP contribution in [0.25, 0.3) is 0 Å². The molecule has 5 heteroatoms. The van der Waals surface area contributed by atoms with Crippen LogP contribution in [0.5, 0.6) is 5.75 Å². The fraction of sp³-hybridized carbons (Fsp3) is 0.500. The van der Waals surface area contributed by atoms with Crippen molar-refractivity contribution in [3.8, 4) is 5.75 Å². The van der Waals surface area contributed by atoms with Crippen LogP contribution >= 0.6 is 12.4 Å². The molecule has 0 unspecified atom stereocenters. The Kier molecular flexibility index (Phi) is 6.67. The Hall–Kier alpha value is -1.26. The quantitative estimate of drug-likeness (QED) is 0.786. The van der Waals surface area contributed by atoms with E-state index >= 15 is 0 Å². The summed E-state index contributed by atoms with van der Waals surface area (Å²) in [6.45, 7) is 2.15. The van der Waals surface area contributed by atoms with Crippen molar-refractivity contribution in [2.24, 2.45) is 5.92 Å². The topological polar surface area (TPSA) is 58.6 Å². The molecule has 0 saturated heterocycles. The molecule has 2 N–H and O–H groups in total. The molecule has 0 amide bonds. The van der Waals surface area contributed by atoms with Crippen molar-refractivity contribution in [2.75, 3.05) is 19.7 Å². The van der Waals surface area contributed by atoms with E-state index in [4.69, 9.17) is 9.84 Å². The summed E-state index contributed by atoms with van der Waals surface area (Å²) in [5.74, 6) is 0.780. The highest BCUT2D eigenvalue weighted by Crippen LogP contribution is 2.27. The van der Waals surface area contributed by atoms with Crippen LogP contribution in [0.3, 0.4) is 0 Å². The number of rotatable bonds is 6. The predicted molar refractivity (Wildman–Crippen MR) is 76.1 cm³/mol. The molecule has 4 nitrogen and oxygen atoms in total. The van der Waals surface area contributed by atoms with Gasteiger partial charge < -0.3 is 15.2 Å². The van der Waals surface area contributed by atoms with Crippen LogP contribution in [-0.2, 0) is 11.2 Å². The van der Waals surface area contributed by atoms with Gasteiger partial charge in [-0.25, -0.2) is 0 Å². The van der Waals surface area contributed by atoms with E-state index in [1.165, 1.54) is 5.56 Å². The molecule has 0 aliphatic carbocycles. The van der Waals surface area contributed by atoms with E-state index in [1.807, 2.05) is 18.2 Å². The molecule has 19 heavy (non-hydrogen) atoms. The first-order valence-corrected chi connectivity index (χ1v) is 6.39. The van der Waals surface area contributed by atoms with Gasteiger partial charge in [0.15, 0.2) is 0 Å². The molecular formula is C14H20ClNO3. The van der Waals surface area contributed by atoms with Crippen LogP contribution in [0.2, 0.25) is 0 Å². The molecular weight excluding hydrogens is 266 g/mol. The second-order valence-corrected chi connectivity index (χ2v) is 4.67. The Balaban J connectivity index is 0.00000180. The summed E-state index contributed by atoms with van der Waals surface area (Å²) in [6.07, 6.45) is 2.26. The highest BCUT2D eigenvalue weighted by molar-refractivity contribution is 5.85. The zero-order valence-electron chi connectivity index (χ0n) is 10.8. The minimum absolute atomic E-state index is 0. The fourth-order valence-electron chi connectivity index (χ4n) is 2.20. The number of para-hydroxylation sites is 1. The molecule has 0 spiro atoms. The van der Waals surface area contributed by atoms with Gasteiger partial charge in [0, 0.05) is 6.54 Å². The number of halogens is 1. The number of carbonyl (C=O) groups is 1. The van der Waals surface area contributed by atoms with E-state index in [1.54, 1.807) is 0 Å². The maximum atomic E-state index is 10.3. The molecule has 106 valence electrons. The summed E-state index contributed by atoms with van der Waals surface area (Å²) in [4.78, 5) is 10.3. The molecule has 1 aliphatic rings. The van der Waals surface area contributed by atoms with Crippen molar-refractivity contribution >= 4 is 18.4 Å². The first-order valence-electron chi connectivity index (χ1n) is 6.39. The van der Waals surface area contributed by atoms with Crippen LogP contribution in [0, 0.1) is 5.92 Å². The highest BCUT2D eigenvalue weighted by Gasteiger charge is 2.18. The molecule has 1 heterocycles. The third kappa shape index (κ3) is 5.09. The van der Waals surface area contributed by atoms with Crippen molar-refractivity contribution in [3.63, 3.8) is 0 Å². The Morgan fingerprint density at radius 2 is 2.16 bits per heavy atom. The van der Waals surface area contributed by atoms with E-state index in [0.29, 0.717) is 12.5 Å². The number of hydrogen-bond donors (Lipinski definition) is 2. The van der Waals surface area contributed by atoms with Crippen molar-refractivity contribution in [1.82, 2.24) is 5.32 Å². The van der Waals surface area contributed by atoms with E-state index in [9.17, 15) is 4.79 Å². The average molecular weight is 286 g/mol. The smallest absolute Gasteiger partial charge is 0.304 e. The molecule has 1 atom stereocenters. The Morgan fingerprint density at radius 1 is 1.37 bits per heavy atom. The SMILES string of the molecule is Cl.O=C(O)CCNCC[C@H]1COc2ccccc2C1. The van der Waals surface area contributed by atoms with Crippen LogP contribution in [-0.4, -0.2) is 30.8 Å². The zero-order chi connectivity index (χ0) is 12.8. The van der Waals surface area contributed by atoms with Gasteiger partial charge >= 0.3 is 5.97 Å². The van der Waals surface area contributed by atoms with Gasteiger partial charge in [0.05, 0.1) is 13.0 Å². The van der Waals surface area contributed by atoms with Crippen LogP contribution in [0.4, 0.5) is 0 Å². The first kappa shape index (κ1) is 15.8. The predicted octanol–water partition coefficient (Wildman–Crippen LogP) is 2.11. The van der Waals surface area contributed by atoms with Gasteiger partial charge in [-0.05, 0) is 36.9 Å². The van der Waals surface area contributed by atoms with E-state index in [-0.39, 0.29) is 18.8 Å². The number of nitrogens with one attached hydrogen (secondary N) is 1. The van der Waals surface area contributed by atoms with Crippen molar-refractivity contribution in [3.05, 3.63) is 29.8 Å². The third-order valence-corrected chi connectivity index (χ3v) is 3.20. The Labute approximate surface area is 119 Å². The van der Waals surface area contributed by atoms with Gasteiger partial charge in [-0.1, -0.05) is 18.2 Å². The number of hydrogen-bond acceptors (Lipinski definition) is 3. The minimum Gasteiger partial charge on any atom is -0.493 e. The number of carboxylic acids is 1. The lowest BCUT2D eigenvalue weighted by Crippen LogP contribution is -2.26. The third-order valence-electron chi connectivity index (χ3n) is 3.20. The van der Waals surface area contributed by atoms with Gasteiger partial charge in [-0.15, -0.1) is 12.4 Å². The van der Waals surface area contributed by atoms with Gasteiger partial charge in [-0.3, -0.25) is 4.79 Å². The fourth-order valence-corrected chi connectivity index (χ4v) is 2.20. The van der Waals surface area contributed by atoms with E-state index in [2.05, 4.69) is 11.4 Å². The second-order valence-electron chi connectivity index (χ2n) is 4.67. The normalized spacial score (nSPS) is 16.9. The van der Waals surface area contributed by atoms with Crippen molar-refractivity contribution in [2.45, 2.75) is 19.3 Å². The van der Waals surface area contributed by atoms with Crippen molar-refractivity contribution in [1.29, 1.82) is 0 Å². The maximum Gasteiger partial charge on any atom is 0.304 e. The number of ether oxygens (including phenoxy) is 1. The van der Waals surface area contributed by atoms with E-state index < -0.39 is 5.97 Å². The largest absolute Gasteiger partial charge is 0.493 e. The summed E-state index contributed by atoms with van der Waals surface area (Å²) in [7, 11) is 0. The molecule has 0 fully saturated rings. The lowest BCUT2D eigenvalue weighted by molar-refractivity contribution is -0.136. The number of fused-ring (bicyclic) bond motifs is 1. The van der Waals surface area contributed by atoms with Gasteiger partial charge in [0.2, 0.25) is 0 Å². The van der Waals surface area contributed by atoms with Gasteiger partial charge in [0.1, 0.15) is 5.75 Å².